The summed E-state index contributed by atoms with van der Waals surface area (Å²) in [6, 6.07) is 0. The first-order valence-corrected chi connectivity index (χ1v) is 4.70. The molecular weight excluding hydrogens is 168 g/mol. The molecule has 0 bridgehead atoms. The smallest absolute Gasteiger partial charge is 0.0897 e. The van der Waals surface area contributed by atoms with Crippen LogP contribution in [-0.4, -0.2) is 53.5 Å². The molecule has 4 heteroatoms. The third kappa shape index (κ3) is 3.60. The lowest BCUT2D eigenvalue weighted by Crippen LogP contribution is -2.52. The lowest BCUT2D eigenvalue weighted by atomic mass is 9.97. The second kappa shape index (κ2) is 5.54. The molecule has 0 fully saturated rings. The van der Waals surface area contributed by atoms with Gasteiger partial charge in [-0.15, -0.1) is 0 Å². The van der Waals surface area contributed by atoms with E-state index in [0.29, 0.717) is 13.1 Å². The van der Waals surface area contributed by atoms with Crippen molar-refractivity contribution in [2.75, 3.05) is 26.7 Å². The SMILES string of the molecule is CCC(C)(CN)N(C)CC(O)CO. The van der Waals surface area contributed by atoms with Gasteiger partial charge in [0.2, 0.25) is 0 Å². The summed E-state index contributed by atoms with van der Waals surface area (Å²) in [7, 11) is 1.91. The predicted molar refractivity (Wildman–Crippen MR) is 53.5 cm³/mol. The molecule has 2 atom stereocenters. The molecule has 4 nitrogen and oxygen atoms in total. The molecule has 0 radical (unpaired) electrons. The highest BCUT2D eigenvalue weighted by molar-refractivity contribution is 4.84. The minimum absolute atomic E-state index is 0.0872. The number of hydrogen-bond acceptors (Lipinski definition) is 4. The number of nitrogens with zero attached hydrogens (tertiary/aromatic N) is 1. The van der Waals surface area contributed by atoms with Crippen LogP contribution in [0.5, 0.6) is 0 Å². The van der Waals surface area contributed by atoms with Gasteiger partial charge in [-0.3, -0.25) is 4.90 Å². The van der Waals surface area contributed by atoms with Gasteiger partial charge in [0.25, 0.3) is 0 Å². The third-order valence-corrected chi connectivity index (χ3v) is 2.82. The van der Waals surface area contributed by atoms with Gasteiger partial charge in [-0.2, -0.15) is 0 Å². The van der Waals surface area contributed by atoms with Crippen molar-refractivity contribution >= 4 is 0 Å². The molecule has 0 rings (SSSR count). The maximum Gasteiger partial charge on any atom is 0.0897 e. The van der Waals surface area contributed by atoms with E-state index in [4.69, 9.17) is 10.8 Å². The number of rotatable bonds is 6. The topological polar surface area (TPSA) is 69.7 Å². The second-order valence-corrected chi connectivity index (χ2v) is 3.77. The van der Waals surface area contributed by atoms with Gasteiger partial charge in [0.05, 0.1) is 12.7 Å². The molecular formula is C9H22N2O2. The average Bonchev–Trinajstić information content (AvgIpc) is 2.16. The molecule has 0 saturated carbocycles. The van der Waals surface area contributed by atoms with Crippen LogP contribution in [0.1, 0.15) is 20.3 Å². The maximum atomic E-state index is 9.25. The van der Waals surface area contributed by atoms with E-state index < -0.39 is 6.10 Å². The molecule has 0 aromatic heterocycles. The van der Waals surface area contributed by atoms with Crippen LogP contribution in [-0.2, 0) is 0 Å². The molecule has 0 heterocycles. The summed E-state index contributed by atoms with van der Waals surface area (Å²) in [6.07, 6.45) is 0.250. The molecule has 0 aliphatic heterocycles. The first-order valence-electron chi connectivity index (χ1n) is 4.70. The molecule has 0 amide bonds. The van der Waals surface area contributed by atoms with E-state index in [-0.39, 0.29) is 12.1 Å². The maximum absolute atomic E-state index is 9.25. The van der Waals surface area contributed by atoms with E-state index in [1.165, 1.54) is 0 Å². The molecule has 80 valence electrons. The Morgan fingerprint density at radius 3 is 2.38 bits per heavy atom. The van der Waals surface area contributed by atoms with Crippen molar-refractivity contribution in [3.8, 4) is 0 Å². The highest BCUT2D eigenvalue weighted by atomic mass is 16.3. The fourth-order valence-electron chi connectivity index (χ4n) is 1.16. The molecule has 2 unspecified atom stereocenters. The van der Waals surface area contributed by atoms with E-state index in [0.717, 1.165) is 6.42 Å². The monoisotopic (exact) mass is 190 g/mol. The quantitative estimate of drug-likeness (QED) is 0.523. The fourth-order valence-corrected chi connectivity index (χ4v) is 1.16. The van der Waals surface area contributed by atoms with Gasteiger partial charge in [-0.25, -0.2) is 0 Å². The summed E-state index contributed by atoms with van der Waals surface area (Å²) < 4.78 is 0. The average molecular weight is 190 g/mol. The molecule has 0 spiro atoms. The van der Waals surface area contributed by atoms with Crippen molar-refractivity contribution in [3.05, 3.63) is 0 Å². The van der Waals surface area contributed by atoms with Gasteiger partial charge < -0.3 is 15.9 Å². The van der Waals surface area contributed by atoms with Gasteiger partial charge in [-0.1, -0.05) is 6.92 Å². The van der Waals surface area contributed by atoms with Crippen LogP contribution in [0.15, 0.2) is 0 Å². The van der Waals surface area contributed by atoms with Crippen molar-refractivity contribution in [1.29, 1.82) is 0 Å². The number of aliphatic hydroxyl groups is 2. The van der Waals surface area contributed by atoms with E-state index in [9.17, 15) is 5.11 Å². The molecule has 0 aromatic carbocycles. The lowest BCUT2D eigenvalue weighted by molar-refractivity contribution is 0.0311. The van der Waals surface area contributed by atoms with Crippen LogP contribution in [0, 0.1) is 0 Å². The van der Waals surface area contributed by atoms with Crippen molar-refractivity contribution in [2.24, 2.45) is 5.73 Å². The second-order valence-electron chi connectivity index (χ2n) is 3.77. The standard InChI is InChI=1S/C9H22N2O2/c1-4-9(2,7-10)11(3)5-8(13)6-12/h8,12-13H,4-7,10H2,1-3H3. The van der Waals surface area contributed by atoms with E-state index in [1.54, 1.807) is 0 Å². The van der Waals surface area contributed by atoms with Crippen molar-refractivity contribution < 1.29 is 10.2 Å². The van der Waals surface area contributed by atoms with Crippen LogP contribution in [0.25, 0.3) is 0 Å². The summed E-state index contributed by atoms with van der Waals surface area (Å²) in [5.74, 6) is 0. The number of nitrogens with two attached hydrogens (primary N) is 1. The predicted octanol–water partition coefficient (Wildman–Crippen LogP) is -0.601. The lowest BCUT2D eigenvalue weighted by Gasteiger charge is -2.38. The molecule has 0 aliphatic carbocycles. The summed E-state index contributed by atoms with van der Waals surface area (Å²) in [4.78, 5) is 1.99. The third-order valence-electron chi connectivity index (χ3n) is 2.82. The first-order chi connectivity index (χ1) is 6.00. The first kappa shape index (κ1) is 12.8. The Hall–Kier alpha value is -0.160. The minimum Gasteiger partial charge on any atom is -0.394 e. The molecule has 4 N–H and O–H groups in total. The van der Waals surface area contributed by atoms with Crippen LogP contribution in [0.4, 0.5) is 0 Å². The van der Waals surface area contributed by atoms with E-state index in [1.807, 2.05) is 11.9 Å². The Bertz CT molecular complexity index is 138. The molecule has 0 aliphatic rings. The Balaban J connectivity index is 4.13. The van der Waals surface area contributed by atoms with Crippen LogP contribution >= 0.6 is 0 Å². The van der Waals surface area contributed by atoms with Crippen LogP contribution in [0.3, 0.4) is 0 Å². The van der Waals surface area contributed by atoms with Crippen LogP contribution in [0.2, 0.25) is 0 Å². The zero-order valence-electron chi connectivity index (χ0n) is 8.82. The zero-order valence-corrected chi connectivity index (χ0v) is 8.82. The summed E-state index contributed by atoms with van der Waals surface area (Å²) >= 11 is 0. The largest absolute Gasteiger partial charge is 0.394 e. The molecule has 0 saturated heterocycles. The van der Waals surface area contributed by atoms with Gasteiger partial charge >= 0.3 is 0 Å². The molecule has 0 aromatic rings. The summed E-state index contributed by atoms with van der Waals surface area (Å²) in [5, 5.41) is 17.9. The molecule has 13 heavy (non-hydrogen) atoms. The Labute approximate surface area is 80.3 Å². The van der Waals surface area contributed by atoms with Crippen molar-refractivity contribution in [2.45, 2.75) is 31.9 Å². The van der Waals surface area contributed by atoms with E-state index >= 15 is 0 Å². The van der Waals surface area contributed by atoms with Gasteiger partial charge in [0, 0.05) is 18.6 Å². The Morgan fingerprint density at radius 1 is 1.54 bits per heavy atom. The normalized spacial score (nSPS) is 18.7. The highest BCUT2D eigenvalue weighted by Gasteiger charge is 2.26. The Morgan fingerprint density at radius 2 is 2.08 bits per heavy atom. The number of hydrogen-bond donors (Lipinski definition) is 3. The van der Waals surface area contributed by atoms with Gasteiger partial charge in [0.15, 0.2) is 0 Å². The summed E-state index contributed by atoms with van der Waals surface area (Å²) in [6.45, 7) is 4.93. The number of aliphatic hydroxyl groups excluding tert-OH is 2. The number of β-amino-alcohol motifs (C(OH)–C–C–N with tert-alkyl or cyclic N) is 1. The summed E-state index contributed by atoms with van der Waals surface area (Å²) in [5.41, 5.74) is 5.56. The van der Waals surface area contributed by atoms with Gasteiger partial charge in [0.1, 0.15) is 0 Å². The minimum atomic E-state index is -0.678. The zero-order chi connectivity index (χ0) is 10.5. The van der Waals surface area contributed by atoms with Crippen molar-refractivity contribution in [1.82, 2.24) is 4.90 Å². The van der Waals surface area contributed by atoms with Crippen LogP contribution < -0.4 is 5.73 Å². The van der Waals surface area contributed by atoms with Gasteiger partial charge in [-0.05, 0) is 20.4 Å². The fraction of sp³-hybridized carbons (Fsp3) is 1.00. The highest BCUT2D eigenvalue weighted by Crippen LogP contribution is 2.15. The Kier molecular flexibility index (Phi) is 5.48. The van der Waals surface area contributed by atoms with E-state index in [2.05, 4.69) is 13.8 Å². The number of likely N-dealkylation sites (N-methyl/N-ethyl adjacent to an activating group) is 1. The van der Waals surface area contributed by atoms with Crippen molar-refractivity contribution in [3.63, 3.8) is 0 Å².